The van der Waals surface area contributed by atoms with Crippen molar-refractivity contribution in [3.05, 3.63) is 66.0 Å². The SMILES string of the molecule is COC(=O)C(OC)(c1ccccc1)c1cccnc1. The number of methoxy groups -OCH3 is 2. The molecule has 0 radical (unpaired) electrons. The molecule has 4 heteroatoms. The molecule has 0 aliphatic heterocycles. The second-order valence-corrected chi connectivity index (χ2v) is 3.98. The van der Waals surface area contributed by atoms with Gasteiger partial charge in [0.25, 0.3) is 0 Å². The Hall–Kier alpha value is -2.20. The average Bonchev–Trinajstić information content (AvgIpc) is 2.50. The summed E-state index contributed by atoms with van der Waals surface area (Å²) in [4.78, 5) is 16.3. The van der Waals surface area contributed by atoms with Gasteiger partial charge < -0.3 is 9.47 Å². The number of pyridine rings is 1. The third kappa shape index (κ3) is 2.22. The standard InChI is InChI=1S/C15H15NO3/c1-18-14(17)15(19-2,12-7-4-3-5-8-12)13-9-6-10-16-11-13/h3-11H,1-2H3. The van der Waals surface area contributed by atoms with Gasteiger partial charge in [-0.2, -0.15) is 0 Å². The molecule has 98 valence electrons. The summed E-state index contributed by atoms with van der Waals surface area (Å²) in [5, 5.41) is 0. The van der Waals surface area contributed by atoms with Crippen molar-refractivity contribution in [3.8, 4) is 0 Å². The Bertz CT molecular complexity index is 500. The Morgan fingerprint density at radius 2 is 1.74 bits per heavy atom. The van der Waals surface area contributed by atoms with Crippen LogP contribution in [0.5, 0.6) is 0 Å². The summed E-state index contributed by atoms with van der Waals surface area (Å²) in [5.41, 5.74) is 0.0532. The number of ether oxygens (including phenoxy) is 2. The lowest BCUT2D eigenvalue weighted by Gasteiger charge is -2.30. The Labute approximate surface area is 112 Å². The second-order valence-electron chi connectivity index (χ2n) is 3.98. The van der Waals surface area contributed by atoms with Crippen molar-refractivity contribution in [1.29, 1.82) is 0 Å². The average molecular weight is 257 g/mol. The van der Waals surface area contributed by atoms with Crippen molar-refractivity contribution in [2.45, 2.75) is 5.60 Å². The number of carbonyl (C=O) groups excluding carboxylic acids is 1. The number of carbonyl (C=O) groups is 1. The number of hydrogen-bond donors (Lipinski definition) is 0. The van der Waals surface area contributed by atoms with Crippen LogP contribution in [0.15, 0.2) is 54.9 Å². The minimum Gasteiger partial charge on any atom is -0.466 e. The molecule has 2 rings (SSSR count). The van der Waals surface area contributed by atoms with Crippen molar-refractivity contribution in [3.63, 3.8) is 0 Å². The first-order chi connectivity index (χ1) is 9.25. The van der Waals surface area contributed by atoms with Crippen molar-refractivity contribution in [1.82, 2.24) is 4.98 Å². The van der Waals surface area contributed by atoms with E-state index < -0.39 is 11.6 Å². The fraction of sp³-hybridized carbons (Fsp3) is 0.200. The Balaban J connectivity index is 2.66. The summed E-state index contributed by atoms with van der Waals surface area (Å²) in [6.07, 6.45) is 3.25. The highest BCUT2D eigenvalue weighted by Gasteiger charge is 2.43. The van der Waals surface area contributed by atoms with Crippen LogP contribution in [0.25, 0.3) is 0 Å². The van der Waals surface area contributed by atoms with E-state index in [0.29, 0.717) is 11.1 Å². The van der Waals surface area contributed by atoms with E-state index in [4.69, 9.17) is 9.47 Å². The molecule has 1 atom stereocenters. The quantitative estimate of drug-likeness (QED) is 0.787. The van der Waals surface area contributed by atoms with E-state index in [0.717, 1.165) is 0 Å². The van der Waals surface area contributed by atoms with Gasteiger partial charge in [-0.15, -0.1) is 0 Å². The van der Waals surface area contributed by atoms with Gasteiger partial charge in [-0.05, 0) is 11.6 Å². The third-order valence-electron chi connectivity index (χ3n) is 3.03. The van der Waals surface area contributed by atoms with Crippen molar-refractivity contribution in [2.24, 2.45) is 0 Å². The summed E-state index contributed by atoms with van der Waals surface area (Å²) in [7, 11) is 2.83. The van der Waals surface area contributed by atoms with Crippen LogP contribution in [-0.4, -0.2) is 25.2 Å². The number of rotatable bonds is 4. The van der Waals surface area contributed by atoms with E-state index in [1.54, 1.807) is 24.5 Å². The van der Waals surface area contributed by atoms with Crippen LogP contribution >= 0.6 is 0 Å². The van der Waals surface area contributed by atoms with Gasteiger partial charge in [-0.1, -0.05) is 36.4 Å². The van der Waals surface area contributed by atoms with Crippen molar-refractivity contribution < 1.29 is 14.3 Å². The molecular formula is C15H15NO3. The van der Waals surface area contributed by atoms with Gasteiger partial charge in [0, 0.05) is 25.1 Å². The number of hydrogen-bond acceptors (Lipinski definition) is 4. The van der Waals surface area contributed by atoms with Crippen LogP contribution in [0.2, 0.25) is 0 Å². The zero-order chi connectivity index (χ0) is 13.7. The maximum Gasteiger partial charge on any atom is 0.347 e. The van der Waals surface area contributed by atoms with Crippen LogP contribution in [0.3, 0.4) is 0 Å². The normalized spacial score (nSPS) is 13.6. The van der Waals surface area contributed by atoms with Crippen LogP contribution in [0, 0.1) is 0 Å². The molecule has 0 spiro atoms. The minimum atomic E-state index is -1.29. The summed E-state index contributed by atoms with van der Waals surface area (Å²) < 4.78 is 10.5. The molecule has 0 fully saturated rings. The fourth-order valence-corrected chi connectivity index (χ4v) is 2.11. The number of benzene rings is 1. The Morgan fingerprint density at radius 1 is 1.05 bits per heavy atom. The number of esters is 1. The maximum atomic E-state index is 12.3. The van der Waals surface area contributed by atoms with E-state index in [1.807, 2.05) is 30.3 Å². The molecule has 0 aliphatic carbocycles. The highest BCUT2D eigenvalue weighted by Crippen LogP contribution is 2.33. The summed E-state index contributed by atoms with van der Waals surface area (Å²) in [6.45, 7) is 0. The molecule has 0 bridgehead atoms. The predicted octanol–water partition coefficient (Wildman–Crippen LogP) is 2.14. The molecule has 0 saturated carbocycles. The lowest BCUT2D eigenvalue weighted by Crippen LogP contribution is -2.40. The predicted molar refractivity (Wildman–Crippen MR) is 70.5 cm³/mol. The third-order valence-corrected chi connectivity index (χ3v) is 3.03. The van der Waals surface area contributed by atoms with Gasteiger partial charge in [0.1, 0.15) is 0 Å². The van der Waals surface area contributed by atoms with Gasteiger partial charge in [0.15, 0.2) is 0 Å². The van der Waals surface area contributed by atoms with Crippen molar-refractivity contribution >= 4 is 5.97 Å². The highest BCUT2D eigenvalue weighted by molar-refractivity contribution is 5.85. The summed E-state index contributed by atoms with van der Waals surface area (Å²) in [5.74, 6) is -0.478. The zero-order valence-electron chi connectivity index (χ0n) is 10.9. The Kier molecular flexibility index (Phi) is 3.92. The lowest BCUT2D eigenvalue weighted by molar-refractivity contribution is -0.162. The molecule has 1 heterocycles. The van der Waals surface area contributed by atoms with E-state index in [-0.39, 0.29) is 0 Å². The molecule has 0 amide bonds. The summed E-state index contributed by atoms with van der Waals surface area (Å²) >= 11 is 0. The zero-order valence-corrected chi connectivity index (χ0v) is 10.9. The van der Waals surface area contributed by atoms with Crippen LogP contribution in [-0.2, 0) is 19.9 Å². The van der Waals surface area contributed by atoms with E-state index in [9.17, 15) is 4.79 Å². The molecule has 0 saturated heterocycles. The second kappa shape index (κ2) is 5.63. The summed E-state index contributed by atoms with van der Waals surface area (Å²) in [6, 6.07) is 12.8. The van der Waals surface area contributed by atoms with E-state index in [1.165, 1.54) is 14.2 Å². The minimum absolute atomic E-state index is 0.478. The van der Waals surface area contributed by atoms with Crippen LogP contribution in [0.4, 0.5) is 0 Å². The first-order valence-corrected chi connectivity index (χ1v) is 5.85. The molecule has 1 aromatic carbocycles. The lowest BCUT2D eigenvalue weighted by atomic mass is 9.87. The van der Waals surface area contributed by atoms with Crippen LogP contribution < -0.4 is 0 Å². The molecule has 1 aromatic heterocycles. The van der Waals surface area contributed by atoms with Gasteiger partial charge >= 0.3 is 5.97 Å². The first kappa shape index (κ1) is 13.2. The molecular weight excluding hydrogens is 242 g/mol. The smallest absolute Gasteiger partial charge is 0.347 e. The van der Waals surface area contributed by atoms with Gasteiger partial charge in [-0.25, -0.2) is 4.79 Å². The maximum absolute atomic E-state index is 12.3. The Morgan fingerprint density at radius 3 is 2.26 bits per heavy atom. The van der Waals surface area contributed by atoms with Crippen LogP contribution in [0.1, 0.15) is 11.1 Å². The monoisotopic (exact) mass is 257 g/mol. The molecule has 1 unspecified atom stereocenters. The number of aromatic nitrogens is 1. The largest absolute Gasteiger partial charge is 0.466 e. The van der Waals surface area contributed by atoms with E-state index >= 15 is 0 Å². The van der Waals surface area contributed by atoms with E-state index in [2.05, 4.69) is 4.98 Å². The molecule has 2 aromatic rings. The van der Waals surface area contributed by atoms with Gasteiger partial charge in [0.05, 0.1) is 7.11 Å². The van der Waals surface area contributed by atoms with Gasteiger partial charge in [-0.3, -0.25) is 4.98 Å². The molecule has 19 heavy (non-hydrogen) atoms. The molecule has 0 aliphatic rings. The number of nitrogens with zero attached hydrogens (tertiary/aromatic N) is 1. The molecule has 4 nitrogen and oxygen atoms in total. The van der Waals surface area contributed by atoms with Crippen molar-refractivity contribution in [2.75, 3.05) is 14.2 Å². The van der Waals surface area contributed by atoms with Gasteiger partial charge in [0.2, 0.25) is 5.60 Å². The highest BCUT2D eigenvalue weighted by atomic mass is 16.6. The molecule has 0 N–H and O–H groups in total. The fourth-order valence-electron chi connectivity index (χ4n) is 2.11. The first-order valence-electron chi connectivity index (χ1n) is 5.85. The topological polar surface area (TPSA) is 48.4 Å².